The van der Waals surface area contributed by atoms with Gasteiger partial charge in [0, 0.05) is 30.9 Å². The molecule has 3 rings (SSSR count). The normalized spacial score (nSPS) is 17.3. The molecule has 0 aromatic heterocycles. The molecule has 1 fully saturated rings. The molecule has 1 aliphatic carbocycles. The summed E-state index contributed by atoms with van der Waals surface area (Å²) in [6.07, 6.45) is 5.53. The van der Waals surface area contributed by atoms with Gasteiger partial charge in [0.15, 0.2) is 5.78 Å². The summed E-state index contributed by atoms with van der Waals surface area (Å²) in [5.41, 5.74) is 8.96. The molecule has 1 aromatic carbocycles. The topological polar surface area (TPSA) is 117 Å². The quantitative estimate of drug-likeness (QED) is 0.341. The van der Waals surface area contributed by atoms with E-state index in [0.717, 1.165) is 24.0 Å². The summed E-state index contributed by atoms with van der Waals surface area (Å²) in [6, 6.07) is 5.42. The number of carbonyl (C=O) groups excluding carboxylic acids is 1. The first-order valence-corrected chi connectivity index (χ1v) is 9.45. The van der Waals surface area contributed by atoms with Crippen molar-refractivity contribution in [3.63, 3.8) is 0 Å². The predicted octanol–water partition coefficient (Wildman–Crippen LogP) is -0.0261. The van der Waals surface area contributed by atoms with Gasteiger partial charge in [-0.15, -0.1) is 0 Å². The van der Waals surface area contributed by atoms with E-state index in [0.29, 0.717) is 49.8 Å². The maximum Gasteiger partial charge on any atom is 1.00 e. The third-order valence-corrected chi connectivity index (χ3v) is 5.00. The molecular weight excluding hydrogens is 393 g/mol. The van der Waals surface area contributed by atoms with E-state index in [1.54, 1.807) is 25.3 Å². The summed E-state index contributed by atoms with van der Waals surface area (Å²) >= 11 is 0. The van der Waals surface area contributed by atoms with Gasteiger partial charge in [0.1, 0.15) is 0 Å². The number of hydrogen-bond acceptors (Lipinski definition) is 6. The molecule has 29 heavy (non-hydrogen) atoms. The van der Waals surface area contributed by atoms with Crippen LogP contribution < -0.4 is 57.1 Å². The maximum absolute atomic E-state index is 11.7. The second-order valence-corrected chi connectivity index (χ2v) is 6.91. The number of ether oxygens (including phenoxy) is 1. The van der Waals surface area contributed by atoms with Gasteiger partial charge in [0.25, 0.3) is 0 Å². The Labute approximate surface area is 214 Å². The number of rotatable bonds is 6. The van der Waals surface area contributed by atoms with Crippen molar-refractivity contribution in [2.75, 3.05) is 39.1 Å². The number of nitrogens with one attached hydrogen (secondary N) is 2. The Hall–Kier alpha value is -1.29. The van der Waals surface area contributed by atoms with Crippen LogP contribution in [0.15, 0.2) is 36.2 Å². The smallest absolute Gasteiger partial charge is 0.469 e. The number of allylic oxidation sites excluding steroid dienone is 3. The van der Waals surface area contributed by atoms with Crippen molar-refractivity contribution in [1.82, 2.24) is 4.90 Å². The van der Waals surface area contributed by atoms with Crippen LogP contribution in [0.1, 0.15) is 30.4 Å². The van der Waals surface area contributed by atoms with E-state index in [2.05, 4.69) is 5.32 Å². The van der Waals surface area contributed by atoms with Crippen LogP contribution in [-0.4, -0.2) is 55.5 Å². The van der Waals surface area contributed by atoms with Crippen molar-refractivity contribution < 1.29 is 60.9 Å². The van der Waals surface area contributed by atoms with Crippen LogP contribution >= 0.6 is 0 Å². The molecule has 1 aromatic rings. The first kappa shape index (κ1) is 24.0. The van der Waals surface area contributed by atoms with Gasteiger partial charge < -0.3 is 20.7 Å². The second-order valence-electron chi connectivity index (χ2n) is 6.91. The average molecular weight is 420 g/mol. The molecule has 1 aliphatic heterocycles. The molecule has 1 heterocycles. The SMILES string of the molecule is C[N-]/C(=C\C(=N)C(=N)c1cc(C2=CC(=O)CCC2)ccc1N)N1CCOCC1.[K+]. The number of nitrogens with zero attached hydrogens (tertiary/aromatic N) is 2. The molecule has 0 bridgehead atoms. The Morgan fingerprint density at radius 1 is 1.24 bits per heavy atom. The van der Waals surface area contributed by atoms with E-state index < -0.39 is 0 Å². The summed E-state index contributed by atoms with van der Waals surface area (Å²) < 4.78 is 5.36. The van der Waals surface area contributed by atoms with Gasteiger partial charge in [-0.05, 0) is 61.4 Å². The Morgan fingerprint density at radius 2 is 1.97 bits per heavy atom. The van der Waals surface area contributed by atoms with Gasteiger partial charge in [-0.3, -0.25) is 15.6 Å². The Kier molecular flexibility index (Phi) is 9.26. The van der Waals surface area contributed by atoms with E-state index in [1.165, 1.54) is 0 Å². The molecule has 2 aliphatic rings. The largest absolute Gasteiger partial charge is 1.00 e. The zero-order valence-corrected chi connectivity index (χ0v) is 20.2. The first-order valence-electron chi connectivity index (χ1n) is 9.45. The molecule has 0 unspecified atom stereocenters. The van der Waals surface area contributed by atoms with Crippen LogP contribution in [0.2, 0.25) is 0 Å². The Bertz CT molecular complexity index is 857. The molecule has 0 atom stereocenters. The van der Waals surface area contributed by atoms with Crippen LogP contribution in [0.5, 0.6) is 0 Å². The fraction of sp³-hybridized carbons (Fsp3) is 0.381. The molecule has 148 valence electrons. The molecule has 7 nitrogen and oxygen atoms in total. The van der Waals surface area contributed by atoms with E-state index in [4.69, 9.17) is 21.3 Å². The van der Waals surface area contributed by atoms with Gasteiger partial charge in [-0.1, -0.05) is 18.9 Å². The van der Waals surface area contributed by atoms with Crippen molar-refractivity contribution in [3.8, 4) is 0 Å². The van der Waals surface area contributed by atoms with E-state index in [1.807, 2.05) is 17.0 Å². The van der Waals surface area contributed by atoms with Gasteiger partial charge in [-0.25, -0.2) is 0 Å². The minimum Gasteiger partial charge on any atom is -0.469 e. The van der Waals surface area contributed by atoms with E-state index in [-0.39, 0.29) is 68.6 Å². The zero-order valence-electron chi connectivity index (χ0n) is 17.1. The fourth-order valence-electron chi connectivity index (χ4n) is 3.43. The number of benzene rings is 1. The van der Waals surface area contributed by atoms with Crippen molar-refractivity contribution in [2.24, 2.45) is 0 Å². The summed E-state index contributed by atoms with van der Waals surface area (Å²) in [5, 5.41) is 21.1. The third-order valence-electron chi connectivity index (χ3n) is 5.00. The molecular formula is C21H26KN5O2. The number of ketones is 1. The van der Waals surface area contributed by atoms with Gasteiger partial charge in [-0.2, -0.15) is 0 Å². The Balaban J connectivity index is 0.00000300. The molecule has 0 spiro atoms. The maximum atomic E-state index is 11.7. The standard InChI is InChI=1S/C21H27N5O2.K/c1-25-20(26-7-9-28-10-8-26)13-19(23)21(24)17-12-15(5-6-18(17)22)14-3-2-4-16(27)11-14;/h5-6,11-13H,2-4,7-10H2,1H3,(H5,22,23,24,25,27);/q;+1/p-1. The van der Waals surface area contributed by atoms with Crippen molar-refractivity contribution in [2.45, 2.75) is 19.3 Å². The molecule has 0 saturated carbocycles. The second kappa shape index (κ2) is 11.2. The molecule has 0 radical (unpaired) electrons. The molecule has 4 N–H and O–H groups in total. The van der Waals surface area contributed by atoms with Crippen LogP contribution in [0.3, 0.4) is 0 Å². The number of hydrogen-bond donors (Lipinski definition) is 3. The van der Waals surface area contributed by atoms with E-state index in [9.17, 15) is 4.79 Å². The molecule has 0 amide bonds. The number of anilines is 1. The summed E-state index contributed by atoms with van der Waals surface area (Å²) in [7, 11) is 1.68. The minimum atomic E-state index is 0. The molecule has 8 heteroatoms. The summed E-state index contributed by atoms with van der Waals surface area (Å²) in [6.45, 7) is 2.67. The number of morpholine rings is 1. The number of carbonyl (C=O) groups is 1. The first-order chi connectivity index (χ1) is 13.5. The Morgan fingerprint density at radius 3 is 2.62 bits per heavy atom. The zero-order chi connectivity index (χ0) is 20.1. The minimum absolute atomic E-state index is 0. The van der Waals surface area contributed by atoms with Crippen molar-refractivity contribution in [1.29, 1.82) is 10.8 Å². The fourth-order valence-corrected chi connectivity index (χ4v) is 3.43. The summed E-state index contributed by atoms with van der Waals surface area (Å²) in [4.78, 5) is 13.8. The van der Waals surface area contributed by atoms with Crippen LogP contribution in [0.25, 0.3) is 10.9 Å². The van der Waals surface area contributed by atoms with Gasteiger partial charge in [0.05, 0.1) is 11.4 Å². The number of nitrogen functional groups attached to an aromatic ring is 1. The predicted molar refractivity (Wildman–Crippen MR) is 112 cm³/mol. The van der Waals surface area contributed by atoms with Crippen LogP contribution in [-0.2, 0) is 9.53 Å². The van der Waals surface area contributed by atoms with E-state index >= 15 is 0 Å². The van der Waals surface area contributed by atoms with Gasteiger partial charge >= 0.3 is 51.4 Å². The third kappa shape index (κ3) is 6.10. The van der Waals surface area contributed by atoms with Crippen LogP contribution in [0.4, 0.5) is 5.69 Å². The summed E-state index contributed by atoms with van der Waals surface area (Å²) in [5.74, 6) is 0.790. The van der Waals surface area contributed by atoms with Crippen LogP contribution in [0, 0.1) is 10.8 Å². The monoisotopic (exact) mass is 419 g/mol. The van der Waals surface area contributed by atoms with Crippen molar-refractivity contribution in [3.05, 3.63) is 52.6 Å². The van der Waals surface area contributed by atoms with Crippen molar-refractivity contribution >= 4 is 28.5 Å². The number of nitrogens with two attached hydrogens (primary N) is 1. The molecule has 1 saturated heterocycles. The average Bonchev–Trinajstić information content (AvgIpc) is 2.72. The van der Waals surface area contributed by atoms with Gasteiger partial charge in [0.2, 0.25) is 0 Å².